The third-order valence-corrected chi connectivity index (χ3v) is 2.17. The fraction of sp³-hybridized carbons (Fsp3) is 0.636. The number of unbranched alkanes of at least 4 members (excludes halogenated alkanes) is 3. The molecule has 0 atom stereocenters. The molecule has 1 aromatic heterocycles. The lowest BCUT2D eigenvalue weighted by atomic mass is 10.2. The van der Waals surface area contributed by atoms with E-state index < -0.39 is 0 Å². The van der Waals surface area contributed by atoms with Crippen LogP contribution in [0.2, 0.25) is 0 Å². The number of hydrogen-bond donors (Lipinski definition) is 0. The van der Waals surface area contributed by atoms with Gasteiger partial charge in [-0.05, 0) is 25.0 Å². The van der Waals surface area contributed by atoms with E-state index in [1.54, 1.807) is 0 Å². The monoisotopic (exact) mass is 165 g/mol. The van der Waals surface area contributed by atoms with Crippen LogP contribution in [0.15, 0.2) is 18.5 Å². The van der Waals surface area contributed by atoms with Gasteiger partial charge >= 0.3 is 0 Å². The number of aryl methyl sites for hydroxylation is 2. The predicted molar refractivity (Wildman–Crippen MR) is 53.3 cm³/mol. The molecule has 0 radical (unpaired) electrons. The van der Waals surface area contributed by atoms with Crippen LogP contribution >= 0.6 is 0 Å². The highest BCUT2D eigenvalue weighted by molar-refractivity contribution is 5.06. The highest BCUT2D eigenvalue weighted by Gasteiger charge is 1.91. The van der Waals surface area contributed by atoms with Crippen molar-refractivity contribution in [3.05, 3.63) is 24.0 Å². The van der Waals surface area contributed by atoms with E-state index in [2.05, 4.69) is 36.9 Å². The zero-order valence-electron chi connectivity index (χ0n) is 8.21. The molecule has 0 N–H and O–H groups in total. The molecular formula is C11H19N. The van der Waals surface area contributed by atoms with Crippen molar-refractivity contribution >= 4 is 0 Å². The van der Waals surface area contributed by atoms with Crippen molar-refractivity contribution in [2.45, 2.75) is 46.1 Å². The molecule has 1 aromatic rings. The fourth-order valence-electron chi connectivity index (χ4n) is 1.42. The molecule has 0 saturated carbocycles. The molecule has 1 nitrogen and oxygen atoms in total. The minimum Gasteiger partial charge on any atom is -0.354 e. The summed E-state index contributed by atoms with van der Waals surface area (Å²) in [5.74, 6) is 0. The molecule has 0 fully saturated rings. The summed E-state index contributed by atoms with van der Waals surface area (Å²) in [5.41, 5.74) is 1.37. The van der Waals surface area contributed by atoms with Crippen LogP contribution in [0.5, 0.6) is 0 Å². The molecule has 0 unspecified atom stereocenters. The Hall–Kier alpha value is -0.720. The summed E-state index contributed by atoms with van der Waals surface area (Å²) in [7, 11) is 0. The van der Waals surface area contributed by atoms with E-state index in [0.717, 1.165) is 0 Å². The lowest BCUT2D eigenvalue weighted by Crippen LogP contribution is -1.93. The van der Waals surface area contributed by atoms with Crippen molar-refractivity contribution in [3.8, 4) is 0 Å². The van der Waals surface area contributed by atoms with Gasteiger partial charge in [-0.1, -0.05) is 26.2 Å². The minimum absolute atomic E-state index is 1.19. The topological polar surface area (TPSA) is 4.93 Å². The number of hydrogen-bond acceptors (Lipinski definition) is 0. The highest BCUT2D eigenvalue weighted by atomic mass is 14.9. The van der Waals surface area contributed by atoms with Crippen LogP contribution in [0.3, 0.4) is 0 Å². The maximum atomic E-state index is 2.28. The zero-order chi connectivity index (χ0) is 8.81. The summed E-state index contributed by atoms with van der Waals surface area (Å²) < 4.78 is 2.28. The Bertz CT molecular complexity index is 213. The number of aromatic nitrogens is 1. The third kappa shape index (κ3) is 3.12. The fourth-order valence-corrected chi connectivity index (χ4v) is 1.42. The smallest absolute Gasteiger partial charge is 0.0219 e. The van der Waals surface area contributed by atoms with Crippen LogP contribution in [0.1, 0.15) is 38.2 Å². The first-order valence-electron chi connectivity index (χ1n) is 4.95. The van der Waals surface area contributed by atoms with Gasteiger partial charge in [0.05, 0.1) is 0 Å². The second-order valence-corrected chi connectivity index (χ2v) is 3.49. The third-order valence-electron chi connectivity index (χ3n) is 2.17. The molecular weight excluding hydrogens is 146 g/mol. The molecule has 0 aliphatic carbocycles. The Morgan fingerprint density at radius 1 is 1.25 bits per heavy atom. The molecule has 0 saturated heterocycles. The van der Waals surface area contributed by atoms with Gasteiger partial charge in [-0.15, -0.1) is 0 Å². The van der Waals surface area contributed by atoms with Crippen LogP contribution in [0.4, 0.5) is 0 Å². The van der Waals surface area contributed by atoms with Gasteiger partial charge in [-0.25, -0.2) is 0 Å². The van der Waals surface area contributed by atoms with Crippen molar-refractivity contribution in [1.82, 2.24) is 4.57 Å². The summed E-state index contributed by atoms with van der Waals surface area (Å²) in [6.07, 6.45) is 9.77. The Labute approximate surface area is 75.4 Å². The number of rotatable bonds is 5. The molecule has 0 amide bonds. The van der Waals surface area contributed by atoms with Crippen LogP contribution in [0, 0.1) is 6.92 Å². The van der Waals surface area contributed by atoms with E-state index in [0.29, 0.717) is 0 Å². The first kappa shape index (κ1) is 9.37. The minimum atomic E-state index is 1.19. The molecule has 1 rings (SSSR count). The van der Waals surface area contributed by atoms with Crippen molar-refractivity contribution in [1.29, 1.82) is 0 Å². The zero-order valence-corrected chi connectivity index (χ0v) is 8.21. The van der Waals surface area contributed by atoms with Gasteiger partial charge in [0.1, 0.15) is 0 Å². The van der Waals surface area contributed by atoms with E-state index >= 15 is 0 Å². The first-order chi connectivity index (χ1) is 5.83. The average molecular weight is 165 g/mol. The molecule has 1 heterocycles. The lowest BCUT2D eigenvalue weighted by molar-refractivity contribution is 0.584. The standard InChI is InChI=1S/C11H19N/c1-3-4-5-6-8-12-9-7-11(2)10-12/h7,9-10H,3-6,8H2,1-2H3. The summed E-state index contributed by atoms with van der Waals surface area (Å²) in [6, 6.07) is 2.17. The van der Waals surface area contributed by atoms with Crippen LogP contribution in [-0.2, 0) is 6.54 Å². The van der Waals surface area contributed by atoms with Crippen LogP contribution in [0.25, 0.3) is 0 Å². The Morgan fingerprint density at radius 2 is 2.08 bits per heavy atom. The Balaban J connectivity index is 2.15. The first-order valence-corrected chi connectivity index (χ1v) is 4.95. The van der Waals surface area contributed by atoms with Crippen molar-refractivity contribution < 1.29 is 0 Å². The molecule has 0 aliphatic heterocycles. The maximum Gasteiger partial charge on any atom is 0.0219 e. The average Bonchev–Trinajstić information content (AvgIpc) is 2.45. The summed E-state index contributed by atoms with van der Waals surface area (Å²) in [5, 5.41) is 0. The molecule has 0 aliphatic rings. The van der Waals surface area contributed by atoms with Crippen molar-refractivity contribution in [2.24, 2.45) is 0 Å². The highest BCUT2D eigenvalue weighted by Crippen LogP contribution is 2.04. The second kappa shape index (κ2) is 5.02. The number of nitrogens with zero attached hydrogens (tertiary/aromatic N) is 1. The van der Waals surface area contributed by atoms with Gasteiger partial charge in [0.25, 0.3) is 0 Å². The summed E-state index contributed by atoms with van der Waals surface area (Å²) >= 11 is 0. The molecule has 1 heteroatoms. The van der Waals surface area contributed by atoms with E-state index in [1.165, 1.54) is 37.8 Å². The largest absolute Gasteiger partial charge is 0.354 e. The quantitative estimate of drug-likeness (QED) is 0.589. The van der Waals surface area contributed by atoms with Gasteiger partial charge in [0, 0.05) is 18.9 Å². The predicted octanol–water partition coefficient (Wildman–Crippen LogP) is 3.38. The summed E-state index contributed by atoms with van der Waals surface area (Å²) in [4.78, 5) is 0. The van der Waals surface area contributed by atoms with E-state index in [4.69, 9.17) is 0 Å². The molecule has 0 spiro atoms. The SMILES string of the molecule is CCCCCCn1ccc(C)c1. The van der Waals surface area contributed by atoms with Gasteiger partial charge in [0.2, 0.25) is 0 Å². The normalized spacial score (nSPS) is 10.5. The Morgan fingerprint density at radius 3 is 2.67 bits per heavy atom. The van der Waals surface area contributed by atoms with Crippen LogP contribution < -0.4 is 0 Å². The molecule has 0 bridgehead atoms. The van der Waals surface area contributed by atoms with E-state index in [1.807, 2.05) is 0 Å². The van der Waals surface area contributed by atoms with Crippen molar-refractivity contribution in [3.63, 3.8) is 0 Å². The van der Waals surface area contributed by atoms with E-state index in [-0.39, 0.29) is 0 Å². The van der Waals surface area contributed by atoms with Crippen LogP contribution in [-0.4, -0.2) is 4.57 Å². The Kier molecular flexibility index (Phi) is 3.92. The molecule has 12 heavy (non-hydrogen) atoms. The van der Waals surface area contributed by atoms with Crippen molar-refractivity contribution in [2.75, 3.05) is 0 Å². The lowest BCUT2D eigenvalue weighted by Gasteiger charge is -2.01. The molecule has 68 valence electrons. The van der Waals surface area contributed by atoms with Gasteiger partial charge in [0.15, 0.2) is 0 Å². The maximum absolute atomic E-state index is 2.28. The second-order valence-electron chi connectivity index (χ2n) is 3.49. The molecule has 0 aromatic carbocycles. The van der Waals surface area contributed by atoms with Gasteiger partial charge < -0.3 is 4.57 Å². The van der Waals surface area contributed by atoms with E-state index in [9.17, 15) is 0 Å². The van der Waals surface area contributed by atoms with Gasteiger partial charge in [-0.3, -0.25) is 0 Å². The van der Waals surface area contributed by atoms with Gasteiger partial charge in [-0.2, -0.15) is 0 Å². The summed E-state index contributed by atoms with van der Waals surface area (Å²) in [6.45, 7) is 5.58.